The van der Waals surface area contributed by atoms with Gasteiger partial charge in [-0.1, -0.05) is 31.4 Å². The summed E-state index contributed by atoms with van der Waals surface area (Å²) in [4.78, 5) is 0. The van der Waals surface area contributed by atoms with Gasteiger partial charge in [0.2, 0.25) is 0 Å². The molecule has 1 aliphatic heterocycles. The fourth-order valence-corrected chi connectivity index (χ4v) is 4.40. The van der Waals surface area contributed by atoms with Gasteiger partial charge in [-0.25, -0.2) is 0 Å². The van der Waals surface area contributed by atoms with Crippen LogP contribution in [0.2, 0.25) is 0 Å². The third-order valence-electron chi connectivity index (χ3n) is 3.90. The summed E-state index contributed by atoms with van der Waals surface area (Å²) >= 11 is 0. The summed E-state index contributed by atoms with van der Waals surface area (Å²) in [6, 6.07) is 7.34. The Bertz CT molecular complexity index is 568. The predicted octanol–water partition coefficient (Wildman–Crippen LogP) is 2.05. The Morgan fingerprint density at radius 1 is 1.15 bits per heavy atom. The van der Waals surface area contributed by atoms with Gasteiger partial charge in [-0.3, -0.25) is 4.31 Å². The minimum Gasteiger partial charge on any atom is -0.489 e. The molecule has 1 aromatic rings. The van der Waals surface area contributed by atoms with E-state index in [-0.39, 0.29) is 6.04 Å². The van der Waals surface area contributed by atoms with Gasteiger partial charge >= 0.3 is 10.2 Å². The van der Waals surface area contributed by atoms with Crippen molar-refractivity contribution in [2.24, 2.45) is 0 Å². The second-order valence-electron chi connectivity index (χ2n) is 5.35. The van der Waals surface area contributed by atoms with Crippen LogP contribution in [0.15, 0.2) is 24.3 Å². The van der Waals surface area contributed by atoms with Crippen molar-refractivity contribution in [2.75, 3.05) is 17.5 Å². The third-order valence-corrected chi connectivity index (χ3v) is 5.49. The molecule has 1 heterocycles. The monoisotopic (exact) mass is 296 g/mol. The molecule has 1 fully saturated rings. The standard InChI is InChI=1S/C14H20N2O3S/c17-20(18,15-12-6-2-1-3-7-12)16-10-11-19-14-9-5-4-8-13(14)16/h4-5,8-9,12,15H,1-3,6-7,10-11H2. The normalized spacial score (nSPS) is 20.3. The van der Waals surface area contributed by atoms with Crippen LogP contribution in [0.25, 0.3) is 0 Å². The van der Waals surface area contributed by atoms with Crippen molar-refractivity contribution in [3.05, 3.63) is 24.3 Å². The first-order chi connectivity index (χ1) is 9.67. The number of nitrogens with one attached hydrogen (secondary N) is 1. The maximum absolute atomic E-state index is 12.6. The van der Waals surface area contributed by atoms with Crippen LogP contribution in [0.3, 0.4) is 0 Å². The number of ether oxygens (including phenoxy) is 1. The average Bonchev–Trinajstić information content (AvgIpc) is 2.47. The van der Waals surface area contributed by atoms with Gasteiger partial charge in [0.15, 0.2) is 0 Å². The molecule has 0 bridgehead atoms. The number of rotatable bonds is 3. The molecule has 0 unspecified atom stereocenters. The van der Waals surface area contributed by atoms with Gasteiger partial charge < -0.3 is 4.74 Å². The maximum atomic E-state index is 12.6. The van der Waals surface area contributed by atoms with Crippen molar-refractivity contribution >= 4 is 15.9 Å². The highest BCUT2D eigenvalue weighted by Gasteiger charge is 2.30. The number of fused-ring (bicyclic) bond motifs is 1. The Morgan fingerprint density at radius 2 is 1.90 bits per heavy atom. The molecule has 2 aliphatic rings. The lowest BCUT2D eigenvalue weighted by Gasteiger charge is -2.32. The first-order valence-corrected chi connectivity index (χ1v) is 8.63. The van der Waals surface area contributed by atoms with E-state index in [1.165, 1.54) is 10.7 Å². The van der Waals surface area contributed by atoms with Crippen LogP contribution in [0.5, 0.6) is 5.75 Å². The van der Waals surface area contributed by atoms with Crippen LogP contribution in [0, 0.1) is 0 Å². The lowest BCUT2D eigenvalue weighted by molar-refractivity contribution is 0.315. The Balaban J connectivity index is 1.81. The van der Waals surface area contributed by atoms with Crippen LogP contribution in [0.1, 0.15) is 32.1 Å². The largest absolute Gasteiger partial charge is 0.489 e. The van der Waals surface area contributed by atoms with E-state index in [1.807, 2.05) is 12.1 Å². The third kappa shape index (κ3) is 2.76. The van der Waals surface area contributed by atoms with Crippen LogP contribution < -0.4 is 13.8 Å². The summed E-state index contributed by atoms with van der Waals surface area (Å²) < 4.78 is 34.9. The molecule has 20 heavy (non-hydrogen) atoms. The minimum atomic E-state index is -3.49. The van der Waals surface area contributed by atoms with Crippen molar-refractivity contribution in [3.8, 4) is 5.75 Å². The number of anilines is 1. The zero-order chi connectivity index (χ0) is 14.0. The molecule has 6 heteroatoms. The molecule has 3 rings (SSSR count). The van der Waals surface area contributed by atoms with Gasteiger partial charge in [-0.2, -0.15) is 13.1 Å². The van der Waals surface area contributed by atoms with Crippen molar-refractivity contribution in [1.29, 1.82) is 0 Å². The summed E-state index contributed by atoms with van der Waals surface area (Å²) in [7, 11) is -3.49. The second-order valence-corrected chi connectivity index (χ2v) is 6.97. The SMILES string of the molecule is O=S(=O)(NC1CCCCC1)N1CCOc2ccccc21. The molecule has 5 nitrogen and oxygen atoms in total. The fraction of sp³-hybridized carbons (Fsp3) is 0.571. The topological polar surface area (TPSA) is 58.6 Å². The molecule has 110 valence electrons. The number of benzene rings is 1. The van der Waals surface area contributed by atoms with Crippen LogP contribution >= 0.6 is 0 Å². The Hall–Kier alpha value is -1.27. The molecule has 0 aromatic heterocycles. The minimum absolute atomic E-state index is 0.0729. The molecule has 0 amide bonds. The quantitative estimate of drug-likeness (QED) is 0.928. The highest BCUT2D eigenvalue weighted by Crippen LogP contribution is 2.32. The molecular weight excluding hydrogens is 276 g/mol. The van der Waals surface area contributed by atoms with Crippen LogP contribution in [-0.2, 0) is 10.2 Å². The van der Waals surface area contributed by atoms with Crippen molar-refractivity contribution in [3.63, 3.8) is 0 Å². The number of hydrogen-bond donors (Lipinski definition) is 1. The summed E-state index contributed by atoms with van der Waals surface area (Å²) in [6.07, 6.45) is 5.29. The first kappa shape index (κ1) is 13.7. The van der Waals surface area contributed by atoms with Gasteiger partial charge in [0.05, 0.1) is 12.2 Å². The molecule has 0 spiro atoms. The van der Waals surface area contributed by atoms with E-state index in [2.05, 4.69) is 4.72 Å². The molecule has 1 aromatic carbocycles. The summed E-state index contributed by atoms with van der Waals surface area (Å²) in [5.41, 5.74) is 0.627. The van der Waals surface area contributed by atoms with E-state index in [4.69, 9.17) is 4.74 Å². The van der Waals surface area contributed by atoms with E-state index >= 15 is 0 Å². The number of hydrogen-bond acceptors (Lipinski definition) is 3. The Kier molecular flexibility index (Phi) is 3.85. The molecule has 1 aliphatic carbocycles. The average molecular weight is 296 g/mol. The zero-order valence-electron chi connectivity index (χ0n) is 11.4. The first-order valence-electron chi connectivity index (χ1n) is 7.19. The van der Waals surface area contributed by atoms with Crippen molar-refractivity contribution < 1.29 is 13.2 Å². The summed E-state index contributed by atoms with van der Waals surface area (Å²) in [6.45, 7) is 0.752. The van der Waals surface area contributed by atoms with Gasteiger partial charge in [-0.15, -0.1) is 0 Å². The highest BCUT2D eigenvalue weighted by atomic mass is 32.2. The summed E-state index contributed by atoms with van der Waals surface area (Å²) in [5.74, 6) is 0.632. The van der Waals surface area contributed by atoms with Gasteiger partial charge in [0, 0.05) is 6.04 Å². The summed E-state index contributed by atoms with van der Waals surface area (Å²) in [5, 5.41) is 0. The van der Waals surface area contributed by atoms with Gasteiger partial charge in [-0.05, 0) is 25.0 Å². The van der Waals surface area contributed by atoms with Gasteiger partial charge in [0.1, 0.15) is 12.4 Å². The molecular formula is C14H20N2O3S. The van der Waals surface area contributed by atoms with Crippen LogP contribution in [0.4, 0.5) is 5.69 Å². The van der Waals surface area contributed by atoms with Crippen molar-refractivity contribution in [1.82, 2.24) is 4.72 Å². The smallest absolute Gasteiger partial charge is 0.302 e. The van der Waals surface area contributed by atoms with Crippen LogP contribution in [-0.4, -0.2) is 27.6 Å². The molecule has 0 atom stereocenters. The number of nitrogens with zero attached hydrogens (tertiary/aromatic N) is 1. The highest BCUT2D eigenvalue weighted by molar-refractivity contribution is 7.90. The molecule has 0 radical (unpaired) electrons. The Labute approximate surface area is 120 Å². The maximum Gasteiger partial charge on any atom is 0.302 e. The fourth-order valence-electron chi connectivity index (χ4n) is 2.89. The lowest BCUT2D eigenvalue weighted by atomic mass is 9.96. The lowest BCUT2D eigenvalue weighted by Crippen LogP contribution is -2.48. The zero-order valence-corrected chi connectivity index (χ0v) is 12.2. The van der Waals surface area contributed by atoms with E-state index in [0.717, 1.165) is 25.7 Å². The second kappa shape index (κ2) is 5.61. The van der Waals surface area contributed by atoms with Gasteiger partial charge in [0.25, 0.3) is 0 Å². The van der Waals surface area contributed by atoms with E-state index in [0.29, 0.717) is 24.6 Å². The predicted molar refractivity (Wildman–Crippen MR) is 78.2 cm³/mol. The Morgan fingerprint density at radius 3 is 2.70 bits per heavy atom. The van der Waals surface area contributed by atoms with Crippen molar-refractivity contribution in [2.45, 2.75) is 38.1 Å². The molecule has 0 saturated heterocycles. The molecule has 1 saturated carbocycles. The van der Waals surface area contributed by atoms with E-state index in [1.54, 1.807) is 12.1 Å². The van der Waals surface area contributed by atoms with E-state index in [9.17, 15) is 8.42 Å². The molecule has 1 N–H and O–H groups in total. The number of para-hydroxylation sites is 2. The van der Waals surface area contributed by atoms with E-state index < -0.39 is 10.2 Å².